The number of esters is 1. The van der Waals surface area contributed by atoms with Gasteiger partial charge in [0, 0.05) is 5.56 Å². The Balaban J connectivity index is 1.55. The molecule has 3 aromatic rings. The first-order valence-electron chi connectivity index (χ1n) is 8.52. The quantitative estimate of drug-likeness (QED) is 0.309. The predicted molar refractivity (Wildman–Crippen MR) is 106 cm³/mol. The van der Waals surface area contributed by atoms with Crippen molar-refractivity contribution in [1.29, 1.82) is 0 Å². The second-order valence-electron chi connectivity index (χ2n) is 6.07. The Hall–Kier alpha value is -3.93. The van der Waals surface area contributed by atoms with Gasteiger partial charge in [-0.1, -0.05) is 17.7 Å². The first-order chi connectivity index (χ1) is 13.5. The van der Waals surface area contributed by atoms with Crippen molar-refractivity contribution in [2.75, 3.05) is 0 Å². The summed E-state index contributed by atoms with van der Waals surface area (Å²) in [5, 5.41) is 13.1. The Morgan fingerprint density at radius 1 is 0.893 bits per heavy atom. The predicted octanol–water partition coefficient (Wildman–Crippen LogP) is 3.68. The lowest BCUT2D eigenvalue weighted by Gasteiger charge is -2.05. The molecule has 6 heteroatoms. The molecule has 0 saturated carbocycles. The van der Waals surface area contributed by atoms with E-state index in [9.17, 15) is 14.7 Å². The highest BCUT2D eigenvalue weighted by molar-refractivity contribution is 5.95. The van der Waals surface area contributed by atoms with E-state index >= 15 is 0 Å². The molecule has 3 aromatic carbocycles. The highest BCUT2D eigenvalue weighted by atomic mass is 16.5. The molecule has 0 aromatic heterocycles. The number of carbonyl (C=O) groups is 2. The van der Waals surface area contributed by atoms with Crippen molar-refractivity contribution < 1.29 is 19.4 Å². The Labute approximate surface area is 162 Å². The van der Waals surface area contributed by atoms with Gasteiger partial charge in [0.2, 0.25) is 0 Å². The summed E-state index contributed by atoms with van der Waals surface area (Å²) in [4.78, 5) is 24.0. The zero-order valence-corrected chi connectivity index (χ0v) is 15.1. The van der Waals surface area contributed by atoms with Crippen molar-refractivity contribution in [3.8, 4) is 11.5 Å². The van der Waals surface area contributed by atoms with Gasteiger partial charge in [0.1, 0.15) is 11.5 Å². The number of nitrogens with zero attached hydrogens (tertiary/aromatic N) is 1. The van der Waals surface area contributed by atoms with E-state index in [0.29, 0.717) is 16.9 Å². The van der Waals surface area contributed by atoms with Crippen LogP contribution in [0.5, 0.6) is 11.5 Å². The Morgan fingerprint density at radius 3 is 2.14 bits per heavy atom. The van der Waals surface area contributed by atoms with Gasteiger partial charge in [-0.15, -0.1) is 0 Å². The summed E-state index contributed by atoms with van der Waals surface area (Å²) in [6.07, 6.45) is 1.48. The van der Waals surface area contributed by atoms with Gasteiger partial charge in [-0.3, -0.25) is 4.79 Å². The number of phenolic OH excluding ortho intramolecular Hbond substituents is 1. The number of hydrogen-bond acceptors (Lipinski definition) is 5. The monoisotopic (exact) mass is 374 g/mol. The van der Waals surface area contributed by atoms with Crippen LogP contribution in [0.4, 0.5) is 0 Å². The van der Waals surface area contributed by atoms with Gasteiger partial charge in [-0.2, -0.15) is 5.10 Å². The average Bonchev–Trinajstić information content (AvgIpc) is 2.70. The number of ether oxygens (including phenoxy) is 1. The molecular weight excluding hydrogens is 356 g/mol. The van der Waals surface area contributed by atoms with Crippen LogP contribution in [0.2, 0.25) is 0 Å². The number of rotatable bonds is 5. The Morgan fingerprint density at radius 2 is 1.50 bits per heavy atom. The summed E-state index contributed by atoms with van der Waals surface area (Å²) in [5.74, 6) is -0.318. The largest absolute Gasteiger partial charge is 0.508 e. The van der Waals surface area contributed by atoms with Gasteiger partial charge in [0.15, 0.2) is 0 Å². The maximum absolute atomic E-state index is 12.1. The molecule has 0 spiro atoms. The fraction of sp³-hybridized carbons (Fsp3) is 0.0455. The van der Waals surface area contributed by atoms with Crippen LogP contribution in [-0.4, -0.2) is 23.2 Å². The summed E-state index contributed by atoms with van der Waals surface area (Å²) in [5.41, 5.74) is 5.06. The maximum Gasteiger partial charge on any atom is 0.343 e. The minimum atomic E-state index is -0.428. The number of nitrogens with one attached hydrogen (secondary N) is 1. The summed E-state index contributed by atoms with van der Waals surface area (Å²) in [6, 6.07) is 19.7. The first-order valence-corrected chi connectivity index (χ1v) is 8.52. The molecule has 0 aliphatic carbocycles. The van der Waals surface area contributed by atoms with E-state index in [2.05, 4.69) is 10.5 Å². The number of amides is 1. The van der Waals surface area contributed by atoms with Crippen molar-refractivity contribution >= 4 is 18.1 Å². The van der Waals surface area contributed by atoms with Crippen molar-refractivity contribution in [1.82, 2.24) is 5.43 Å². The normalized spacial score (nSPS) is 10.6. The topological polar surface area (TPSA) is 88.0 Å². The molecule has 6 nitrogen and oxygen atoms in total. The molecule has 0 aliphatic rings. The number of benzene rings is 3. The molecule has 0 aliphatic heterocycles. The van der Waals surface area contributed by atoms with Gasteiger partial charge in [0.25, 0.3) is 5.91 Å². The van der Waals surface area contributed by atoms with E-state index in [1.807, 2.05) is 19.1 Å². The zero-order valence-electron chi connectivity index (χ0n) is 15.1. The smallest absolute Gasteiger partial charge is 0.343 e. The summed E-state index contributed by atoms with van der Waals surface area (Å²) < 4.78 is 5.33. The lowest BCUT2D eigenvalue weighted by Crippen LogP contribution is -2.17. The lowest BCUT2D eigenvalue weighted by atomic mass is 10.1. The fourth-order valence-electron chi connectivity index (χ4n) is 2.32. The van der Waals surface area contributed by atoms with Gasteiger partial charge in [-0.25, -0.2) is 10.2 Å². The highest BCUT2D eigenvalue weighted by Crippen LogP contribution is 2.14. The van der Waals surface area contributed by atoms with Crippen LogP contribution in [0, 0.1) is 6.92 Å². The van der Waals surface area contributed by atoms with Crippen LogP contribution < -0.4 is 10.2 Å². The van der Waals surface area contributed by atoms with Gasteiger partial charge in [0.05, 0.1) is 11.8 Å². The molecule has 0 unspecified atom stereocenters. The van der Waals surface area contributed by atoms with Gasteiger partial charge < -0.3 is 9.84 Å². The van der Waals surface area contributed by atoms with Crippen LogP contribution >= 0.6 is 0 Å². The molecule has 2 N–H and O–H groups in total. The molecule has 3 rings (SSSR count). The van der Waals surface area contributed by atoms with Crippen LogP contribution in [0.1, 0.15) is 31.8 Å². The number of phenols is 1. The Kier molecular flexibility index (Phi) is 5.81. The van der Waals surface area contributed by atoms with Gasteiger partial charge in [-0.05, 0) is 73.2 Å². The molecule has 0 fully saturated rings. The molecule has 140 valence electrons. The molecule has 0 bridgehead atoms. The van der Waals surface area contributed by atoms with E-state index in [-0.39, 0.29) is 11.7 Å². The number of aryl methyl sites for hydroxylation is 1. The molecule has 1 amide bonds. The minimum Gasteiger partial charge on any atom is -0.508 e. The first kappa shape index (κ1) is 18.8. The molecule has 0 atom stereocenters. The summed E-state index contributed by atoms with van der Waals surface area (Å²) >= 11 is 0. The van der Waals surface area contributed by atoms with Gasteiger partial charge >= 0.3 is 5.97 Å². The number of carbonyl (C=O) groups excluding carboxylic acids is 2. The minimum absolute atomic E-state index is 0.0863. The SMILES string of the molecule is Cc1ccc(C(=O)Oc2ccc(/C=N\NC(=O)c3ccc(O)cc3)cc2)cc1. The van der Waals surface area contributed by atoms with Crippen LogP contribution in [0.25, 0.3) is 0 Å². The molecular formula is C22H18N2O4. The van der Waals surface area contributed by atoms with E-state index in [0.717, 1.165) is 11.1 Å². The second kappa shape index (κ2) is 8.64. The summed E-state index contributed by atoms with van der Waals surface area (Å²) in [6.45, 7) is 1.95. The van der Waals surface area contributed by atoms with Crippen molar-refractivity contribution in [3.05, 3.63) is 95.1 Å². The van der Waals surface area contributed by atoms with Crippen molar-refractivity contribution in [3.63, 3.8) is 0 Å². The number of aromatic hydroxyl groups is 1. The van der Waals surface area contributed by atoms with E-state index in [4.69, 9.17) is 4.74 Å². The third-order valence-electron chi connectivity index (χ3n) is 3.89. The van der Waals surface area contributed by atoms with Crippen LogP contribution in [0.3, 0.4) is 0 Å². The fourth-order valence-corrected chi connectivity index (χ4v) is 2.32. The lowest BCUT2D eigenvalue weighted by molar-refractivity contribution is 0.0734. The average molecular weight is 374 g/mol. The van der Waals surface area contributed by atoms with E-state index < -0.39 is 5.97 Å². The zero-order chi connectivity index (χ0) is 19.9. The summed E-state index contributed by atoms with van der Waals surface area (Å²) in [7, 11) is 0. The van der Waals surface area contributed by atoms with E-state index in [1.54, 1.807) is 36.4 Å². The standard InChI is InChI=1S/C22H18N2O4/c1-15-2-6-18(7-3-15)22(27)28-20-12-4-16(5-13-20)14-23-24-21(26)17-8-10-19(25)11-9-17/h2-14,25H,1H3,(H,24,26)/b23-14-. The van der Waals surface area contributed by atoms with Crippen molar-refractivity contribution in [2.24, 2.45) is 5.10 Å². The molecule has 0 radical (unpaired) electrons. The Bertz CT molecular complexity index is 992. The number of hydrogen-bond donors (Lipinski definition) is 2. The van der Waals surface area contributed by atoms with Crippen LogP contribution in [0.15, 0.2) is 77.9 Å². The third kappa shape index (κ3) is 5.04. The second-order valence-corrected chi connectivity index (χ2v) is 6.07. The molecule has 0 saturated heterocycles. The van der Waals surface area contributed by atoms with Crippen LogP contribution in [-0.2, 0) is 0 Å². The maximum atomic E-state index is 12.1. The molecule has 28 heavy (non-hydrogen) atoms. The molecule has 0 heterocycles. The van der Waals surface area contributed by atoms with E-state index in [1.165, 1.54) is 30.5 Å². The van der Waals surface area contributed by atoms with Crippen molar-refractivity contribution in [2.45, 2.75) is 6.92 Å². The number of hydrazone groups is 1. The highest BCUT2D eigenvalue weighted by Gasteiger charge is 2.08. The third-order valence-corrected chi connectivity index (χ3v) is 3.89.